The van der Waals surface area contributed by atoms with Gasteiger partial charge in [-0.2, -0.15) is 4.99 Å². The molecule has 11 nitrogen and oxygen atoms in total. The van der Waals surface area contributed by atoms with Crippen molar-refractivity contribution in [1.29, 1.82) is 5.53 Å². The van der Waals surface area contributed by atoms with E-state index in [-0.39, 0.29) is 35.5 Å². The minimum absolute atomic E-state index is 0.181. The molecule has 0 atom stereocenters. The van der Waals surface area contributed by atoms with Gasteiger partial charge >= 0.3 is 6.03 Å². The smallest absolute Gasteiger partial charge is 0.326 e. The quantitative estimate of drug-likeness (QED) is 0.124. The van der Waals surface area contributed by atoms with Gasteiger partial charge in [0.2, 0.25) is 5.96 Å². The minimum Gasteiger partial charge on any atom is -0.366 e. The van der Waals surface area contributed by atoms with Crippen molar-refractivity contribution in [2.45, 2.75) is 64.5 Å². The molecule has 1 saturated carbocycles. The normalized spacial score (nSPS) is 15.3. The lowest BCUT2D eigenvalue weighted by Crippen LogP contribution is -2.36. The molecule has 1 fully saturated rings. The van der Waals surface area contributed by atoms with Crippen LogP contribution in [0.15, 0.2) is 76.8 Å². The third-order valence-electron chi connectivity index (χ3n) is 8.08. The molecule has 0 saturated heterocycles. The average Bonchev–Trinajstić information content (AvgIpc) is 3.29. The Morgan fingerprint density at radius 3 is 2.25 bits per heavy atom. The third-order valence-corrected chi connectivity index (χ3v) is 8.08. The van der Waals surface area contributed by atoms with Crippen molar-refractivity contribution in [2.24, 2.45) is 15.8 Å². The maximum atomic E-state index is 13.8. The molecule has 0 spiro atoms. The van der Waals surface area contributed by atoms with E-state index in [1.165, 1.54) is 35.8 Å². The summed E-state index contributed by atoms with van der Waals surface area (Å²) in [5.41, 5.74) is 16.2. The van der Waals surface area contributed by atoms with E-state index >= 15 is 0 Å². The first kappa shape index (κ1) is 30.3. The molecule has 11 heteroatoms. The summed E-state index contributed by atoms with van der Waals surface area (Å²) in [6.07, 6.45) is 6.03. The van der Waals surface area contributed by atoms with E-state index in [1.54, 1.807) is 55.1 Å². The van der Waals surface area contributed by atoms with E-state index < -0.39 is 17.9 Å². The van der Waals surface area contributed by atoms with Crippen LogP contribution < -0.4 is 16.0 Å². The number of aliphatic imine (C=N–C) groups is 1. The van der Waals surface area contributed by atoms with Gasteiger partial charge in [-0.05, 0) is 86.2 Å². The molecular formula is C33H35N7O4. The van der Waals surface area contributed by atoms with E-state index in [0.717, 1.165) is 18.4 Å². The molecule has 1 heterocycles. The molecule has 44 heavy (non-hydrogen) atoms. The fourth-order valence-corrected chi connectivity index (χ4v) is 5.77. The summed E-state index contributed by atoms with van der Waals surface area (Å²) >= 11 is 0. The van der Waals surface area contributed by atoms with Crippen LogP contribution in [0.3, 0.4) is 0 Å². The minimum atomic E-state index is -0.626. The van der Waals surface area contributed by atoms with Gasteiger partial charge in [-0.1, -0.05) is 43.5 Å². The Bertz CT molecular complexity index is 1620. The highest BCUT2D eigenvalue weighted by Crippen LogP contribution is 2.34. The van der Waals surface area contributed by atoms with Crippen LogP contribution in [-0.4, -0.2) is 40.7 Å². The number of nitrogens with zero attached hydrogens (tertiary/aromatic N) is 4. The maximum Gasteiger partial charge on any atom is 0.326 e. The number of fused-ring (bicyclic) bond motifs is 1. The molecule has 5 rings (SSSR count). The van der Waals surface area contributed by atoms with Crippen molar-refractivity contribution < 1.29 is 19.2 Å². The van der Waals surface area contributed by atoms with Crippen molar-refractivity contribution in [3.8, 4) is 0 Å². The van der Waals surface area contributed by atoms with Crippen molar-refractivity contribution >= 4 is 41.1 Å². The Labute approximate surface area is 255 Å². The van der Waals surface area contributed by atoms with Crippen molar-refractivity contribution in [1.82, 2.24) is 4.90 Å². The first-order valence-corrected chi connectivity index (χ1v) is 14.7. The SMILES string of the molecule is CC(C)N1C(=O)c2ccc(NC(=O)N(Cc3ccc(C(=O)N=C(N)N=N)cc3)c3ccc(C4CCCCC4)cc3)cc2C1=O. The van der Waals surface area contributed by atoms with Gasteiger partial charge in [-0.25, -0.2) is 10.3 Å². The number of guanidine groups is 1. The number of imide groups is 1. The van der Waals surface area contributed by atoms with Crippen LogP contribution in [0.1, 0.15) is 94.1 Å². The fraction of sp³-hybridized carbons (Fsp3) is 0.303. The van der Waals surface area contributed by atoms with Crippen molar-refractivity contribution in [3.05, 3.63) is 94.5 Å². The summed E-state index contributed by atoms with van der Waals surface area (Å²) in [4.78, 5) is 58.1. The summed E-state index contributed by atoms with van der Waals surface area (Å²) in [6.45, 7) is 3.74. The summed E-state index contributed by atoms with van der Waals surface area (Å²) in [7, 11) is 0. The number of urea groups is 1. The zero-order chi connectivity index (χ0) is 31.4. The van der Waals surface area contributed by atoms with Crippen LogP contribution in [0.5, 0.6) is 0 Å². The number of hydrogen-bond acceptors (Lipinski definition) is 5. The van der Waals surface area contributed by atoms with Crippen LogP contribution in [0, 0.1) is 5.53 Å². The Morgan fingerprint density at radius 2 is 1.61 bits per heavy atom. The van der Waals surface area contributed by atoms with Gasteiger partial charge in [0, 0.05) is 23.0 Å². The molecule has 0 bridgehead atoms. The lowest BCUT2D eigenvalue weighted by Gasteiger charge is -2.26. The molecule has 0 unspecified atom stereocenters. The number of anilines is 2. The molecule has 2 aliphatic rings. The number of nitrogens with one attached hydrogen (secondary N) is 2. The molecule has 1 aliphatic carbocycles. The van der Waals surface area contributed by atoms with E-state index in [9.17, 15) is 19.2 Å². The van der Waals surface area contributed by atoms with Crippen molar-refractivity contribution in [3.63, 3.8) is 0 Å². The third kappa shape index (κ3) is 6.41. The molecule has 3 aromatic carbocycles. The number of rotatable bonds is 7. The largest absolute Gasteiger partial charge is 0.366 e. The number of nitrogens with two attached hydrogens (primary N) is 1. The molecule has 0 aromatic heterocycles. The number of benzene rings is 3. The molecular weight excluding hydrogens is 558 g/mol. The van der Waals surface area contributed by atoms with Gasteiger partial charge in [0.1, 0.15) is 0 Å². The Hall–Kier alpha value is -5.19. The topological polar surface area (TPSA) is 161 Å². The van der Waals surface area contributed by atoms with Gasteiger partial charge in [0.15, 0.2) is 0 Å². The van der Waals surface area contributed by atoms with Gasteiger partial charge < -0.3 is 11.1 Å². The van der Waals surface area contributed by atoms with Gasteiger partial charge in [-0.3, -0.25) is 24.2 Å². The second-order valence-corrected chi connectivity index (χ2v) is 11.4. The maximum absolute atomic E-state index is 13.8. The highest BCUT2D eigenvalue weighted by atomic mass is 16.2. The summed E-state index contributed by atoms with van der Waals surface area (Å²) in [6, 6.07) is 18.6. The molecule has 0 radical (unpaired) electrons. The Kier molecular flexibility index (Phi) is 8.94. The van der Waals surface area contributed by atoms with E-state index in [0.29, 0.717) is 22.9 Å². The first-order chi connectivity index (χ1) is 21.2. The predicted molar refractivity (Wildman–Crippen MR) is 167 cm³/mol. The summed E-state index contributed by atoms with van der Waals surface area (Å²) in [5.74, 6) is -1.28. The average molecular weight is 594 g/mol. The van der Waals surface area contributed by atoms with Gasteiger partial charge in [0.25, 0.3) is 17.7 Å². The molecule has 5 amide bonds. The summed E-state index contributed by atoms with van der Waals surface area (Å²) < 4.78 is 0. The number of carbonyl (C=O) groups excluding carboxylic acids is 4. The van der Waals surface area contributed by atoms with E-state index in [4.69, 9.17) is 11.3 Å². The fourth-order valence-electron chi connectivity index (χ4n) is 5.77. The van der Waals surface area contributed by atoms with Gasteiger partial charge in [-0.15, -0.1) is 5.11 Å². The first-order valence-electron chi connectivity index (χ1n) is 14.7. The number of hydrogen-bond donors (Lipinski definition) is 3. The molecule has 226 valence electrons. The van der Waals surface area contributed by atoms with Crippen LogP contribution in [0.25, 0.3) is 0 Å². The monoisotopic (exact) mass is 593 g/mol. The standard InChI is InChI=1S/C33H35N7O4/c1-20(2)40-30(42)27-17-14-25(18-28(27)31(40)43)36-33(44)39(26-15-12-23(13-16-26)22-6-4-3-5-7-22)19-21-8-10-24(11-9-21)29(41)37-32(34)38-35/h8-18,20,22,35H,3-7,19H2,1-2H3,(H,36,44)(H2,34,37,41). The van der Waals surface area contributed by atoms with Crippen LogP contribution in [0.2, 0.25) is 0 Å². The zero-order valence-electron chi connectivity index (χ0n) is 24.7. The Morgan fingerprint density at radius 1 is 0.955 bits per heavy atom. The highest BCUT2D eigenvalue weighted by Gasteiger charge is 2.37. The van der Waals surface area contributed by atoms with E-state index in [1.807, 2.05) is 12.1 Å². The lowest BCUT2D eigenvalue weighted by atomic mass is 9.84. The molecule has 4 N–H and O–H groups in total. The second kappa shape index (κ2) is 13.0. The highest BCUT2D eigenvalue weighted by molar-refractivity contribution is 6.22. The van der Waals surface area contributed by atoms with Crippen LogP contribution >= 0.6 is 0 Å². The van der Waals surface area contributed by atoms with Crippen LogP contribution in [0.4, 0.5) is 16.2 Å². The predicted octanol–water partition coefficient (Wildman–Crippen LogP) is 6.46. The van der Waals surface area contributed by atoms with Gasteiger partial charge in [0.05, 0.1) is 17.7 Å². The molecule has 1 aliphatic heterocycles. The second-order valence-electron chi connectivity index (χ2n) is 11.4. The number of amides is 5. The summed E-state index contributed by atoms with van der Waals surface area (Å²) in [5, 5.41) is 5.84. The molecule has 3 aromatic rings. The number of carbonyl (C=O) groups is 4. The van der Waals surface area contributed by atoms with E-state index in [2.05, 4.69) is 27.6 Å². The van der Waals surface area contributed by atoms with Crippen LogP contribution in [-0.2, 0) is 6.54 Å². The lowest BCUT2D eigenvalue weighted by molar-refractivity contribution is 0.0608. The zero-order valence-corrected chi connectivity index (χ0v) is 24.7. The van der Waals surface area contributed by atoms with Crippen molar-refractivity contribution in [2.75, 3.05) is 10.2 Å². The Balaban J connectivity index is 1.40.